The second-order valence-electron chi connectivity index (χ2n) is 9.58. The molecule has 0 bridgehead atoms. The fraction of sp³-hybridized carbons (Fsp3) is 0.250. The Morgan fingerprint density at radius 1 is 0.800 bits per heavy atom. The molecule has 0 aliphatic carbocycles. The highest BCUT2D eigenvalue weighted by molar-refractivity contribution is 7.98. The van der Waals surface area contributed by atoms with Crippen LogP contribution in [0.25, 0.3) is 0 Å². The van der Waals surface area contributed by atoms with Crippen LogP contribution >= 0.6 is 11.8 Å². The molecular formula is C32H36N2O4S2. The first-order chi connectivity index (χ1) is 19.3. The van der Waals surface area contributed by atoms with Crippen LogP contribution in [0.4, 0.5) is 11.4 Å². The molecule has 8 heteroatoms. The van der Waals surface area contributed by atoms with Crippen molar-refractivity contribution in [2.75, 3.05) is 34.5 Å². The normalized spacial score (nSPS) is 11.2. The van der Waals surface area contributed by atoms with Crippen LogP contribution in [0, 0.1) is 6.92 Å². The van der Waals surface area contributed by atoms with Crippen LogP contribution < -0.4 is 19.1 Å². The van der Waals surface area contributed by atoms with Gasteiger partial charge in [0.1, 0.15) is 17.2 Å². The van der Waals surface area contributed by atoms with Crippen LogP contribution in [0.1, 0.15) is 23.1 Å². The van der Waals surface area contributed by atoms with E-state index in [0.29, 0.717) is 25.4 Å². The summed E-state index contributed by atoms with van der Waals surface area (Å²) in [6.45, 7) is 3.94. The molecule has 0 spiro atoms. The fourth-order valence-electron chi connectivity index (χ4n) is 4.35. The minimum atomic E-state index is -3.39. The van der Waals surface area contributed by atoms with Gasteiger partial charge in [0.05, 0.1) is 18.6 Å². The van der Waals surface area contributed by atoms with E-state index in [9.17, 15) is 8.42 Å². The zero-order chi connectivity index (χ0) is 28.4. The van der Waals surface area contributed by atoms with Crippen LogP contribution in [0.5, 0.6) is 17.2 Å². The van der Waals surface area contributed by atoms with E-state index < -0.39 is 10.0 Å². The van der Waals surface area contributed by atoms with E-state index >= 15 is 0 Å². The van der Waals surface area contributed by atoms with E-state index in [0.717, 1.165) is 46.2 Å². The second kappa shape index (κ2) is 14.1. The monoisotopic (exact) mass is 576 g/mol. The number of hydrogen-bond acceptors (Lipinski definition) is 6. The summed E-state index contributed by atoms with van der Waals surface area (Å²) in [5, 5.41) is 0. The van der Waals surface area contributed by atoms with Crippen molar-refractivity contribution in [2.45, 2.75) is 26.4 Å². The zero-order valence-electron chi connectivity index (χ0n) is 23.2. The molecule has 0 amide bonds. The molecule has 0 aliphatic rings. The third kappa shape index (κ3) is 8.96. The van der Waals surface area contributed by atoms with Gasteiger partial charge < -0.3 is 14.4 Å². The zero-order valence-corrected chi connectivity index (χ0v) is 24.8. The first-order valence-corrected chi connectivity index (χ1v) is 16.4. The van der Waals surface area contributed by atoms with Gasteiger partial charge in [-0.1, -0.05) is 54.6 Å². The van der Waals surface area contributed by atoms with E-state index in [4.69, 9.17) is 9.47 Å². The number of sulfonamides is 1. The molecule has 210 valence electrons. The smallest absolute Gasteiger partial charge is 0.229 e. The number of rotatable bonds is 14. The van der Waals surface area contributed by atoms with Crippen molar-refractivity contribution in [3.05, 3.63) is 114 Å². The molecule has 0 saturated heterocycles. The maximum absolute atomic E-state index is 11.9. The standard InChI is InChI=1S/C32H36N2O4S2/c1-25-31(33-40(3,35)36)14-8-15-32(25)34(23-26-10-5-4-6-11-26)24-27-16-18-28(19-17-27)38-30-13-7-12-29(22-30)37-20-9-21-39-2/h4-8,10-19,22,33H,9,20-21,23-24H2,1-3H3. The minimum Gasteiger partial charge on any atom is -0.493 e. The number of hydrogen-bond donors (Lipinski definition) is 1. The van der Waals surface area contributed by atoms with Crippen LogP contribution in [0.2, 0.25) is 0 Å². The Morgan fingerprint density at radius 2 is 1.48 bits per heavy atom. The van der Waals surface area contributed by atoms with Gasteiger partial charge in [-0.05, 0) is 78.4 Å². The topological polar surface area (TPSA) is 67.9 Å². The highest BCUT2D eigenvalue weighted by Crippen LogP contribution is 2.31. The van der Waals surface area contributed by atoms with Gasteiger partial charge in [-0.2, -0.15) is 11.8 Å². The summed E-state index contributed by atoms with van der Waals surface area (Å²) in [5.74, 6) is 3.35. The summed E-state index contributed by atoms with van der Waals surface area (Å²) in [7, 11) is -3.39. The van der Waals surface area contributed by atoms with Crippen molar-refractivity contribution in [3.8, 4) is 17.2 Å². The van der Waals surface area contributed by atoms with Gasteiger partial charge in [0.25, 0.3) is 0 Å². The molecule has 0 saturated carbocycles. The third-order valence-electron chi connectivity index (χ3n) is 6.26. The van der Waals surface area contributed by atoms with Crippen molar-refractivity contribution in [2.24, 2.45) is 0 Å². The van der Waals surface area contributed by atoms with Crippen molar-refractivity contribution in [1.82, 2.24) is 0 Å². The van der Waals surface area contributed by atoms with Gasteiger partial charge in [-0.25, -0.2) is 8.42 Å². The Hall–Kier alpha value is -3.62. The third-order valence-corrected chi connectivity index (χ3v) is 7.54. The van der Waals surface area contributed by atoms with Crippen LogP contribution in [0.15, 0.2) is 97.1 Å². The fourth-order valence-corrected chi connectivity index (χ4v) is 5.37. The Morgan fingerprint density at radius 3 is 2.17 bits per heavy atom. The van der Waals surface area contributed by atoms with E-state index in [1.54, 1.807) is 6.07 Å². The molecule has 0 aliphatic heterocycles. The molecule has 0 heterocycles. The van der Waals surface area contributed by atoms with Gasteiger partial charge in [0.2, 0.25) is 10.0 Å². The average molecular weight is 577 g/mol. The Bertz CT molecular complexity index is 1480. The van der Waals surface area contributed by atoms with Crippen molar-refractivity contribution >= 4 is 33.2 Å². The molecule has 4 aromatic rings. The van der Waals surface area contributed by atoms with E-state index in [1.807, 2.05) is 85.4 Å². The molecule has 0 radical (unpaired) electrons. The predicted molar refractivity (Wildman–Crippen MR) is 167 cm³/mol. The van der Waals surface area contributed by atoms with Gasteiger partial charge in [0, 0.05) is 24.8 Å². The second-order valence-corrected chi connectivity index (χ2v) is 12.3. The number of anilines is 2. The van der Waals surface area contributed by atoms with E-state index in [1.165, 1.54) is 11.8 Å². The highest BCUT2D eigenvalue weighted by Gasteiger charge is 2.15. The summed E-state index contributed by atoms with van der Waals surface area (Å²) in [6.07, 6.45) is 4.27. The summed E-state index contributed by atoms with van der Waals surface area (Å²) < 4.78 is 38.4. The van der Waals surface area contributed by atoms with Crippen LogP contribution in [-0.4, -0.2) is 33.3 Å². The summed E-state index contributed by atoms with van der Waals surface area (Å²) >= 11 is 1.82. The first kappa shape index (κ1) is 29.4. The lowest BCUT2D eigenvalue weighted by Gasteiger charge is -2.28. The highest BCUT2D eigenvalue weighted by atomic mass is 32.2. The molecular weight excluding hydrogens is 540 g/mol. The molecule has 0 aromatic heterocycles. The Kier molecular flexibility index (Phi) is 10.4. The number of thioether (sulfide) groups is 1. The summed E-state index contributed by atoms with van der Waals surface area (Å²) in [6, 6.07) is 31.7. The number of benzene rings is 4. The molecule has 0 unspecified atom stereocenters. The van der Waals surface area contributed by atoms with E-state index in [-0.39, 0.29) is 0 Å². The van der Waals surface area contributed by atoms with Crippen LogP contribution in [0.3, 0.4) is 0 Å². The molecule has 6 nitrogen and oxygen atoms in total. The maximum Gasteiger partial charge on any atom is 0.229 e. The SMILES string of the molecule is CSCCCOc1cccc(Oc2ccc(CN(Cc3ccccc3)c3cccc(NS(C)(=O)=O)c3C)cc2)c1. The summed E-state index contributed by atoms with van der Waals surface area (Å²) in [5.41, 5.74) is 4.69. The molecule has 4 rings (SSSR count). The van der Waals surface area contributed by atoms with Gasteiger partial charge in [-0.3, -0.25) is 4.72 Å². The molecule has 1 N–H and O–H groups in total. The van der Waals surface area contributed by atoms with Crippen molar-refractivity contribution in [3.63, 3.8) is 0 Å². The lowest BCUT2D eigenvalue weighted by atomic mass is 10.1. The largest absolute Gasteiger partial charge is 0.493 e. The minimum absolute atomic E-state index is 0.581. The molecule has 0 fully saturated rings. The molecule has 4 aromatic carbocycles. The maximum atomic E-state index is 11.9. The summed E-state index contributed by atoms with van der Waals surface area (Å²) in [4.78, 5) is 2.26. The van der Waals surface area contributed by atoms with Crippen molar-refractivity contribution < 1.29 is 17.9 Å². The lowest BCUT2D eigenvalue weighted by molar-refractivity contribution is 0.317. The molecule has 0 atom stereocenters. The Labute approximate surface area is 242 Å². The Balaban J connectivity index is 1.50. The quantitative estimate of drug-likeness (QED) is 0.157. The molecule has 40 heavy (non-hydrogen) atoms. The number of nitrogens with one attached hydrogen (secondary N) is 1. The van der Waals surface area contributed by atoms with E-state index in [2.05, 4.69) is 40.1 Å². The van der Waals surface area contributed by atoms with Gasteiger partial charge in [0.15, 0.2) is 0 Å². The number of ether oxygens (including phenoxy) is 2. The van der Waals surface area contributed by atoms with Crippen molar-refractivity contribution in [1.29, 1.82) is 0 Å². The van der Waals surface area contributed by atoms with Crippen LogP contribution in [-0.2, 0) is 23.1 Å². The predicted octanol–water partition coefficient (Wildman–Crippen LogP) is 7.50. The van der Waals surface area contributed by atoms with Gasteiger partial charge in [-0.15, -0.1) is 0 Å². The lowest BCUT2D eigenvalue weighted by Crippen LogP contribution is -2.23. The first-order valence-electron chi connectivity index (χ1n) is 13.2. The average Bonchev–Trinajstić information content (AvgIpc) is 2.93. The number of nitrogens with zero attached hydrogens (tertiary/aromatic N) is 1. The van der Waals surface area contributed by atoms with Gasteiger partial charge >= 0.3 is 0 Å².